The normalized spacial score (nSPS) is 11.6. The second-order valence-electron chi connectivity index (χ2n) is 3.71. The highest BCUT2D eigenvalue weighted by Crippen LogP contribution is 2.19. The maximum absolute atomic E-state index is 11.8. The molecule has 0 radical (unpaired) electrons. The van der Waals surface area contributed by atoms with E-state index >= 15 is 0 Å². The van der Waals surface area contributed by atoms with Crippen molar-refractivity contribution in [3.05, 3.63) is 48.6 Å². The van der Waals surface area contributed by atoms with Crippen molar-refractivity contribution in [2.45, 2.75) is 18.6 Å². The second kappa shape index (κ2) is 7.71. The lowest BCUT2D eigenvalue weighted by Gasteiger charge is -2.13. The largest absolute Gasteiger partial charge is 0.461 e. The predicted octanol–water partition coefficient (Wildman–Crippen LogP) is 2.61. The third-order valence-electron chi connectivity index (χ3n) is 2.18. The van der Waals surface area contributed by atoms with Crippen molar-refractivity contribution in [1.82, 2.24) is 0 Å². The predicted molar refractivity (Wildman–Crippen MR) is 73.4 cm³/mol. The summed E-state index contributed by atoms with van der Waals surface area (Å²) in [6, 6.07) is 9.56. The molecule has 0 fully saturated rings. The molecule has 18 heavy (non-hydrogen) atoms. The van der Waals surface area contributed by atoms with Crippen molar-refractivity contribution in [2.24, 2.45) is 0 Å². The van der Waals surface area contributed by atoms with E-state index in [0.717, 1.165) is 17.3 Å². The van der Waals surface area contributed by atoms with Crippen molar-refractivity contribution >= 4 is 22.8 Å². The number of carbonyl (C=O) groups is 2. The Kier molecular flexibility index (Phi) is 6.22. The van der Waals surface area contributed by atoms with Gasteiger partial charge in [-0.2, -0.15) is 0 Å². The lowest BCUT2D eigenvalue weighted by atomic mass is 10.1. The van der Waals surface area contributed by atoms with Crippen LogP contribution < -0.4 is 0 Å². The fraction of sp³-hybridized carbons (Fsp3) is 0.286. The molecule has 0 amide bonds. The monoisotopic (exact) mass is 264 g/mol. The summed E-state index contributed by atoms with van der Waals surface area (Å²) in [5.74, 6) is -0.376. The van der Waals surface area contributed by atoms with Gasteiger partial charge in [0.15, 0.2) is 5.12 Å². The van der Waals surface area contributed by atoms with E-state index in [-0.39, 0.29) is 17.7 Å². The summed E-state index contributed by atoms with van der Waals surface area (Å²) >= 11 is 1.01. The summed E-state index contributed by atoms with van der Waals surface area (Å²) in [6.45, 7) is 5.10. The number of esters is 1. The summed E-state index contributed by atoms with van der Waals surface area (Å²) in [6.07, 6.45) is 2.00. The van der Waals surface area contributed by atoms with Gasteiger partial charge in [-0.1, -0.05) is 54.7 Å². The molecule has 96 valence electrons. The van der Waals surface area contributed by atoms with Crippen LogP contribution in [0.4, 0.5) is 0 Å². The molecule has 1 atom stereocenters. The van der Waals surface area contributed by atoms with Crippen LogP contribution in [0.1, 0.15) is 12.5 Å². The van der Waals surface area contributed by atoms with Gasteiger partial charge in [-0.25, -0.2) is 0 Å². The molecule has 0 N–H and O–H groups in total. The Bertz CT molecular complexity index is 414. The molecule has 0 heterocycles. The van der Waals surface area contributed by atoms with Crippen LogP contribution in [0.2, 0.25) is 0 Å². The Hall–Kier alpha value is -1.55. The van der Waals surface area contributed by atoms with Crippen LogP contribution in [0.15, 0.2) is 43.0 Å². The van der Waals surface area contributed by atoms with Gasteiger partial charge < -0.3 is 4.74 Å². The smallest absolute Gasteiger partial charge is 0.320 e. The highest BCUT2D eigenvalue weighted by Gasteiger charge is 2.22. The van der Waals surface area contributed by atoms with E-state index in [1.54, 1.807) is 0 Å². The zero-order valence-electron chi connectivity index (χ0n) is 10.3. The van der Waals surface area contributed by atoms with E-state index in [4.69, 9.17) is 4.74 Å². The average molecular weight is 264 g/mol. The first kappa shape index (κ1) is 14.5. The maximum Gasteiger partial charge on any atom is 0.320 e. The van der Waals surface area contributed by atoms with E-state index in [1.807, 2.05) is 30.3 Å². The van der Waals surface area contributed by atoms with Crippen LogP contribution in [0.25, 0.3) is 0 Å². The zero-order chi connectivity index (χ0) is 13.4. The minimum atomic E-state index is -0.496. The van der Waals surface area contributed by atoms with E-state index in [0.29, 0.717) is 6.42 Å². The van der Waals surface area contributed by atoms with Gasteiger partial charge in [0.25, 0.3) is 0 Å². The van der Waals surface area contributed by atoms with Crippen molar-refractivity contribution < 1.29 is 14.3 Å². The van der Waals surface area contributed by atoms with Crippen molar-refractivity contribution in [3.8, 4) is 0 Å². The first-order valence-corrected chi connectivity index (χ1v) is 6.50. The molecule has 1 aromatic carbocycles. The number of rotatable bonds is 6. The Labute approximate surface area is 111 Å². The highest BCUT2D eigenvalue weighted by molar-refractivity contribution is 8.14. The number of hydrogen-bond donors (Lipinski definition) is 0. The Morgan fingerprint density at radius 2 is 2.06 bits per heavy atom. The molecular formula is C14H16O3S. The number of ether oxygens (including phenoxy) is 1. The molecular weight excluding hydrogens is 248 g/mol. The standard InChI is InChI=1S/C14H16O3S/c1-3-9-17-14(16)13(18-11(2)15)10-12-7-5-4-6-8-12/h3-8,13H,1,9-10H2,2H3/t13-/m1/s1. The minimum absolute atomic E-state index is 0.0912. The van der Waals surface area contributed by atoms with E-state index in [9.17, 15) is 9.59 Å². The molecule has 0 bridgehead atoms. The van der Waals surface area contributed by atoms with Crippen molar-refractivity contribution in [3.63, 3.8) is 0 Å². The van der Waals surface area contributed by atoms with E-state index in [1.165, 1.54) is 13.0 Å². The number of thioether (sulfide) groups is 1. The number of carbonyl (C=O) groups excluding carboxylic acids is 2. The Balaban J connectivity index is 2.68. The molecule has 0 aliphatic carbocycles. The van der Waals surface area contributed by atoms with Gasteiger partial charge >= 0.3 is 5.97 Å². The van der Waals surface area contributed by atoms with Crippen molar-refractivity contribution in [1.29, 1.82) is 0 Å². The topological polar surface area (TPSA) is 43.4 Å². The molecule has 0 unspecified atom stereocenters. The van der Waals surface area contributed by atoms with Gasteiger partial charge in [0.2, 0.25) is 0 Å². The highest BCUT2D eigenvalue weighted by atomic mass is 32.2. The number of hydrogen-bond acceptors (Lipinski definition) is 4. The molecule has 0 saturated carbocycles. The summed E-state index contributed by atoms with van der Waals surface area (Å²) in [5.41, 5.74) is 1.01. The fourth-order valence-corrected chi connectivity index (χ4v) is 2.28. The lowest BCUT2D eigenvalue weighted by Crippen LogP contribution is -2.24. The summed E-state index contributed by atoms with van der Waals surface area (Å²) < 4.78 is 5.00. The molecule has 0 saturated heterocycles. The van der Waals surface area contributed by atoms with Crippen LogP contribution in [-0.4, -0.2) is 22.9 Å². The SMILES string of the molecule is C=CCOC(=O)[C@@H](Cc1ccccc1)SC(C)=O. The zero-order valence-corrected chi connectivity index (χ0v) is 11.1. The Morgan fingerprint density at radius 3 is 2.61 bits per heavy atom. The molecule has 0 aliphatic heterocycles. The molecule has 1 aromatic rings. The third-order valence-corrected chi connectivity index (χ3v) is 3.15. The molecule has 4 heteroatoms. The van der Waals surface area contributed by atoms with Crippen LogP contribution >= 0.6 is 11.8 Å². The summed E-state index contributed by atoms with van der Waals surface area (Å²) in [7, 11) is 0. The van der Waals surface area contributed by atoms with Crippen LogP contribution in [0.5, 0.6) is 0 Å². The molecule has 0 aromatic heterocycles. The quantitative estimate of drug-likeness (QED) is 0.585. The molecule has 3 nitrogen and oxygen atoms in total. The lowest BCUT2D eigenvalue weighted by molar-refractivity contribution is -0.141. The van der Waals surface area contributed by atoms with Gasteiger partial charge in [-0.05, 0) is 12.0 Å². The van der Waals surface area contributed by atoms with Gasteiger partial charge in [0.05, 0.1) is 0 Å². The van der Waals surface area contributed by atoms with Gasteiger partial charge in [-0.3, -0.25) is 9.59 Å². The van der Waals surface area contributed by atoms with Gasteiger partial charge in [-0.15, -0.1) is 0 Å². The van der Waals surface area contributed by atoms with E-state index < -0.39 is 5.25 Å². The molecule has 0 spiro atoms. The summed E-state index contributed by atoms with van der Waals surface area (Å²) in [4.78, 5) is 23.0. The van der Waals surface area contributed by atoms with Crippen molar-refractivity contribution in [2.75, 3.05) is 6.61 Å². The van der Waals surface area contributed by atoms with Crippen LogP contribution in [0.3, 0.4) is 0 Å². The molecule has 1 rings (SSSR count). The molecule has 0 aliphatic rings. The third kappa shape index (κ3) is 5.19. The minimum Gasteiger partial charge on any atom is -0.461 e. The Morgan fingerprint density at radius 1 is 1.39 bits per heavy atom. The average Bonchev–Trinajstić information content (AvgIpc) is 2.36. The van der Waals surface area contributed by atoms with Gasteiger partial charge in [0.1, 0.15) is 11.9 Å². The maximum atomic E-state index is 11.8. The van der Waals surface area contributed by atoms with E-state index in [2.05, 4.69) is 6.58 Å². The number of benzene rings is 1. The van der Waals surface area contributed by atoms with Gasteiger partial charge in [0, 0.05) is 6.92 Å². The van der Waals surface area contributed by atoms with Crippen LogP contribution in [-0.2, 0) is 20.7 Å². The van der Waals surface area contributed by atoms with Crippen LogP contribution in [0, 0.1) is 0 Å². The summed E-state index contributed by atoms with van der Waals surface area (Å²) in [5, 5.41) is -0.587. The first-order chi connectivity index (χ1) is 8.63. The fourth-order valence-electron chi connectivity index (χ4n) is 1.44. The second-order valence-corrected chi connectivity index (χ2v) is 5.09. The first-order valence-electron chi connectivity index (χ1n) is 5.62.